The quantitative estimate of drug-likeness (QED) is 0.540. The maximum Gasteiger partial charge on any atom is 0.411 e. The van der Waals surface area contributed by atoms with Gasteiger partial charge < -0.3 is 19.8 Å². The number of aryl methyl sites for hydroxylation is 1. The predicted molar refractivity (Wildman–Crippen MR) is 114 cm³/mol. The number of nitrogens with zero attached hydrogens (tertiary/aromatic N) is 1. The number of alkyl halides is 1. The predicted octanol–water partition coefficient (Wildman–Crippen LogP) is 5.10. The second-order valence-corrected chi connectivity index (χ2v) is 6.53. The molecule has 6 nitrogen and oxygen atoms in total. The highest BCUT2D eigenvalue weighted by Crippen LogP contribution is 2.38. The van der Waals surface area contributed by atoms with E-state index >= 15 is 0 Å². The molecule has 1 heterocycles. The lowest BCUT2D eigenvalue weighted by Crippen LogP contribution is -2.13. The Kier molecular flexibility index (Phi) is 6.31. The fourth-order valence-electron chi connectivity index (χ4n) is 3.27. The van der Waals surface area contributed by atoms with Gasteiger partial charge in [-0.15, -0.1) is 11.6 Å². The van der Waals surface area contributed by atoms with Crippen LogP contribution in [0.25, 0.3) is 22.2 Å². The summed E-state index contributed by atoms with van der Waals surface area (Å²) in [6.07, 6.45) is -0.482. The van der Waals surface area contributed by atoms with E-state index in [1.54, 1.807) is 6.92 Å². The van der Waals surface area contributed by atoms with Crippen LogP contribution in [0.2, 0.25) is 0 Å². The largest absolute Gasteiger partial charge is 0.492 e. The number of benzene rings is 2. The van der Waals surface area contributed by atoms with Gasteiger partial charge in [0.25, 0.3) is 0 Å². The van der Waals surface area contributed by atoms with Crippen LogP contribution in [0.3, 0.4) is 0 Å². The summed E-state index contributed by atoms with van der Waals surface area (Å²) in [5.74, 6) is 1.19. The van der Waals surface area contributed by atoms with E-state index in [-0.39, 0.29) is 0 Å². The summed E-state index contributed by atoms with van der Waals surface area (Å²) < 4.78 is 12.7. The van der Waals surface area contributed by atoms with Gasteiger partial charge in [-0.05, 0) is 38.1 Å². The summed E-state index contributed by atoms with van der Waals surface area (Å²) in [5, 5.41) is 3.69. The van der Waals surface area contributed by atoms with Gasteiger partial charge >= 0.3 is 6.09 Å². The first kappa shape index (κ1) is 19.9. The molecule has 1 amide bonds. The monoisotopic (exact) mass is 401 g/mol. The number of hydrogen-bond donors (Lipinski definition) is 2. The summed E-state index contributed by atoms with van der Waals surface area (Å²) >= 11 is 5.72. The SMILES string of the molecule is CCOC(=O)Nc1cccc(-c2c(N)c3ccc(OCCCl)cc3n2CC)c1. The number of nitrogens with two attached hydrogens (primary N) is 1. The van der Waals surface area contributed by atoms with Gasteiger partial charge in [0.05, 0.1) is 29.4 Å². The zero-order valence-corrected chi connectivity index (χ0v) is 16.8. The lowest BCUT2D eigenvalue weighted by atomic mass is 10.1. The third-order valence-corrected chi connectivity index (χ3v) is 4.55. The van der Waals surface area contributed by atoms with Crippen molar-refractivity contribution in [1.29, 1.82) is 0 Å². The number of carbonyl (C=O) groups excluding carboxylic acids is 1. The van der Waals surface area contributed by atoms with Crippen LogP contribution in [0.5, 0.6) is 5.75 Å². The van der Waals surface area contributed by atoms with Gasteiger partial charge in [0.1, 0.15) is 12.4 Å². The number of nitrogen functional groups attached to an aromatic ring is 1. The number of amides is 1. The molecule has 0 saturated carbocycles. The number of ether oxygens (including phenoxy) is 2. The van der Waals surface area contributed by atoms with Gasteiger partial charge in [-0.1, -0.05) is 12.1 Å². The minimum absolute atomic E-state index is 0.316. The van der Waals surface area contributed by atoms with E-state index in [4.69, 9.17) is 26.8 Å². The Morgan fingerprint density at radius 1 is 1.21 bits per heavy atom. The van der Waals surface area contributed by atoms with Crippen molar-refractivity contribution >= 4 is 40.0 Å². The number of anilines is 2. The Balaban J connectivity index is 2.05. The molecule has 28 heavy (non-hydrogen) atoms. The van der Waals surface area contributed by atoms with E-state index in [0.29, 0.717) is 30.5 Å². The summed E-state index contributed by atoms with van der Waals surface area (Å²) in [7, 11) is 0. The molecular weight excluding hydrogens is 378 g/mol. The second kappa shape index (κ2) is 8.89. The zero-order chi connectivity index (χ0) is 20.1. The Hall–Kier alpha value is -2.86. The fourth-order valence-corrected chi connectivity index (χ4v) is 3.35. The van der Waals surface area contributed by atoms with Crippen molar-refractivity contribution in [2.75, 3.05) is 30.1 Å². The van der Waals surface area contributed by atoms with E-state index in [0.717, 1.165) is 34.5 Å². The standard InChI is InChI=1S/C21H24ClN3O3/c1-3-25-18-13-16(28-11-10-22)8-9-17(18)19(23)20(25)14-6-5-7-15(12-14)24-21(26)27-4-2/h5-9,12-13H,3-4,10-11,23H2,1-2H3,(H,24,26). The third-order valence-electron chi connectivity index (χ3n) is 4.40. The summed E-state index contributed by atoms with van der Waals surface area (Å²) in [4.78, 5) is 11.7. The van der Waals surface area contributed by atoms with Crippen LogP contribution in [-0.2, 0) is 11.3 Å². The van der Waals surface area contributed by atoms with Gasteiger partial charge in [-0.3, -0.25) is 5.32 Å². The second-order valence-electron chi connectivity index (χ2n) is 6.15. The highest BCUT2D eigenvalue weighted by Gasteiger charge is 2.17. The molecule has 0 fully saturated rings. The van der Waals surface area contributed by atoms with Crippen molar-refractivity contribution in [3.8, 4) is 17.0 Å². The lowest BCUT2D eigenvalue weighted by molar-refractivity contribution is 0.168. The molecule has 0 saturated heterocycles. The molecule has 0 aliphatic heterocycles. The van der Waals surface area contributed by atoms with Gasteiger partial charge in [0.15, 0.2) is 0 Å². The lowest BCUT2D eigenvalue weighted by Gasteiger charge is -2.11. The van der Waals surface area contributed by atoms with Crippen LogP contribution in [0, 0.1) is 0 Å². The van der Waals surface area contributed by atoms with Crippen LogP contribution >= 0.6 is 11.6 Å². The zero-order valence-electron chi connectivity index (χ0n) is 16.0. The molecule has 1 aromatic heterocycles. The fraction of sp³-hybridized carbons (Fsp3) is 0.286. The molecule has 148 valence electrons. The summed E-state index contributed by atoms with van der Waals surface area (Å²) in [6, 6.07) is 13.4. The first-order chi connectivity index (χ1) is 13.6. The van der Waals surface area contributed by atoms with Gasteiger partial charge in [0.2, 0.25) is 0 Å². The van der Waals surface area contributed by atoms with Gasteiger partial charge in [-0.25, -0.2) is 4.79 Å². The highest BCUT2D eigenvalue weighted by atomic mass is 35.5. The first-order valence-corrected chi connectivity index (χ1v) is 9.77. The molecule has 0 radical (unpaired) electrons. The molecule has 0 bridgehead atoms. The van der Waals surface area contributed by atoms with Crippen molar-refractivity contribution in [2.45, 2.75) is 20.4 Å². The molecule has 2 aromatic carbocycles. The van der Waals surface area contributed by atoms with Crippen molar-refractivity contribution in [1.82, 2.24) is 4.57 Å². The molecule has 3 rings (SSSR count). The Morgan fingerprint density at radius 2 is 2.04 bits per heavy atom. The topological polar surface area (TPSA) is 78.5 Å². The highest BCUT2D eigenvalue weighted by molar-refractivity contribution is 6.18. The minimum atomic E-state index is -0.482. The minimum Gasteiger partial charge on any atom is -0.492 e. The number of hydrogen-bond acceptors (Lipinski definition) is 4. The average Bonchev–Trinajstić information content (AvgIpc) is 2.98. The average molecular weight is 402 g/mol. The van der Waals surface area contributed by atoms with Crippen molar-refractivity contribution < 1.29 is 14.3 Å². The summed E-state index contributed by atoms with van der Waals surface area (Å²) in [5.41, 5.74) is 10.6. The number of halogens is 1. The van der Waals surface area contributed by atoms with E-state index in [1.807, 2.05) is 42.5 Å². The van der Waals surface area contributed by atoms with E-state index in [1.165, 1.54) is 0 Å². The maximum absolute atomic E-state index is 11.7. The maximum atomic E-state index is 11.7. The van der Waals surface area contributed by atoms with Crippen molar-refractivity contribution in [3.63, 3.8) is 0 Å². The molecular formula is C21H24ClN3O3. The molecule has 0 aliphatic rings. The van der Waals surface area contributed by atoms with Crippen LogP contribution in [0.15, 0.2) is 42.5 Å². The Labute approximate surface area is 169 Å². The Morgan fingerprint density at radius 3 is 2.75 bits per heavy atom. The molecule has 0 unspecified atom stereocenters. The number of carbonyl (C=O) groups is 1. The smallest absolute Gasteiger partial charge is 0.411 e. The third kappa shape index (κ3) is 4.02. The molecule has 3 aromatic rings. The molecule has 3 N–H and O–H groups in total. The van der Waals surface area contributed by atoms with Crippen molar-refractivity contribution in [3.05, 3.63) is 42.5 Å². The van der Waals surface area contributed by atoms with Crippen LogP contribution in [0.1, 0.15) is 13.8 Å². The van der Waals surface area contributed by atoms with Crippen LogP contribution in [0.4, 0.5) is 16.2 Å². The van der Waals surface area contributed by atoms with Crippen LogP contribution in [-0.4, -0.2) is 29.8 Å². The normalized spacial score (nSPS) is 10.8. The number of fused-ring (bicyclic) bond motifs is 1. The number of rotatable bonds is 7. The summed E-state index contributed by atoms with van der Waals surface area (Å²) in [6.45, 7) is 5.33. The Bertz CT molecular complexity index is 984. The molecule has 7 heteroatoms. The van der Waals surface area contributed by atoms with Crippen molar-refractivity contribution in [2.24, 2.45) is 0 Å². The first-order valence-electron chi connectivity index (χ1n) is 9.23. The number of nitrogens with one attached hydrogen (secondary N) is 1. The van der Waals surface area contributed by atoms with Gasteiger partial charge in [-0.2, -0.15) is 0 Å². The van der Waals surface area contributed by atoms with Crippen LogP contribution < -0.4 is 15.8 Å². The van der Waals surface area contributed by atoms with E-state index < -0.39 is 6.09 Å². The number of aromatic nitrogens is 1. The molecule has 0 aliphatic carbocycles. The van der Waals surface area contributed by atoms with E-state index in [2.05, 4.69) is 16.8 Å². The van der Waals surface area contributed by atoms with Gasteiger partial charge in [0, 0.05) is 29.2 Å². The molecule has 0 spiro atoms. The molecule has 0 atom stereocenters. The van der Waals surface area contributed by atoms with E-state index in [9.17, 15) is 4.79 Å².